The molecule has 1 atom stereocenters. The summed E-state index contributed by atoms with van der Waals surface area (Å²) in [4.78, 5) is 19.9. The molecule has 0 amide bonds. The number of fused-ring (bicyclic) bond motifs is 2. The van der Waals surface area contributed by atoms with Gasteiger partial charge in [0.25, 0.3) is 0 Å². The van der Waals surface area contributed by atoms with Gasteiger partial charge in [-0.25, -0.2) is 9.97 Å². The van der Waals surface area contributed by atoms with Crippen LogP contribution in [-0.2, 0) is 17.7 Å². The van der Waals surface area contributed by atoms with Gasteiger partial charge in [0.15, 0.2) is 0 Å². The first-order valence-corrected chi connectivity index (χ1v) is 13.1. The molecule has 180 valence electrons. The molecule has 1 aromatic carbocycles. The van der Waals surface area contributed by atoms with Crippen molar-refractivity contribution in [3.63, 3.8) is 0 Å². The molecule has 4 aromatic rings. The van der Waals surface area contributed by atoms with E-state index >= 15 is 0 Å². The van der Waals surface area contributed by atoms with Crippen LogP contribution in [0, 0.1) is 23.7 Å². The van der Waals surface area contributed by atoms with Crippen LogP contribution in [0.5, 0.6) is 0 Å². The summed E-state index contributed by atoms with van der Waals surface area (Å²) >= 11 is 1.75. The second kappa shape index (κ2) is 8.90. The van der Waals surface area contributed by atoms with E-state index in [2.05, 4.69) is 51.0 Å². The summed E-state index contributed by atoms with van der Waals surface area (Å²) in [7, 11) is 1.75. The highest BCUT2D eigenvalue weighted by Gasteiger charge is 2.44. The molecular weight excluding hydrogens is 456 g/mol. The molecular formula is C27H30N6OS. The minimum absolute atomic E-state index is 0.326. The number of methoxy groups -OCH3 is 1. The highest BCUT2D eigenvalue weighted by Crippen LogP contribution is 2.43. The van der Waals surface area contributed by atoms with E-state index in [-0.39, 0.29) is 0 Å². The van der Waals surface area contributed by atoms with E-state index in [9.17, 15) is 5.26 Å². The Kier molecular flexibility index (Phi) is 5.72. The molecule has 0 saturated carbocycles. The fourth-order valence-electron chi connectivity index (χ4n) is 5.95. The Balaban J connectivity index is 1.17. The van der Waals surface area contributed by atoms with Gasteiger partial charge < -0.3 is 14.6 Å². The smallest absolute Gasteiger partial charge is 0.140 e. The van der Waals surface area contributed by atoms with Gasteiger partial charge in [-0.2, -0.15) is 5.26 Å². The normalized spacial score (nSPS) is 20.5. The number of benzene rings is 1. The number of aromatic amines is 1. The van der Waals surface area contributed by atoms with Gasteiger partial charge in [-0.1, -0.05) is 6.07 Å². The lowest BCUT2D eigenvalue weighted by atomic mass is 9.86. The van der Waals surface area contributed by atoms with Gasteiger partial charge >= 0.3 is 0 Å². The van der Waals surface area contributed by atoms with Crippen molar-refractivity contribution in [2.24, 2.45) is 5.41 Å². The number of nitrogens with one attached hydrogen (secondary N) is 1. The van der Waals surface area contributed by atoms with Gasteiger partial charge in [0, 0.05) is 60.9 Å². The summed E-state index contributed by atoms with van der Waals surface area (Å²) in [6.45, 7) is 8.22. The van der Waals surface area contributed by atoms with Crippen LogP contribution in [0.1, 0.15) is 34.5 Å². The van der Waals surface area contributed by atoms with Crippen LogP contribution >= 0.6 is 11.3 Å². The van der Waals surface area contributed by atoms with Crippen LogP contribution < -0.4 is 4.90 Å². The second-order valence-electron chi connectivity index (χ2n) is 10.1. The number of nitrogens with zero attached hydrogens (tertiary/aromatic N) is 5. The van der Waals surface area contributed by atoms with Crippen LogP contribution in [0.15, 0.2) is 30.6 Å². The van der Waals surface area contributed by atoms with Crippen LogP contribution in [-0.4, -0.2) is 59.7 Å². The largest absolute Gasteiger partial charge is 0.384 e. The fraction of sp³-hybridized carbons (Fsp3) is 0.444. The van der Waals surface area contributed by atoms with Crippen LogP contribution in [0.25, 0.3) is 21.1 Å². The molecule has 2 aliphatic rings. The maximum Gasteiger partial charge on any atom is 0.140 e. The van der Waals surface area contributed by atoms with Crippen molar-refractivity contribution in [1.82, 2.24) is 19.9 Å². The molecule has 2 fully saturated rings. The van der Waals surface area contributed by atoms with Gasteiger partial charge in [-0.05, 0) is 55.6 Å². The Morgan fingerprint density at radius 2 is 2.06 bits per heavy atom. The molecule has 7 nitrogen and oxygen atoms in total. The molecule has 0 radical (unpaired) electrons. The summed E-state index contributed by atoms with van der Waals surface area (Å²) in [6, 6.07) is 10.8. The quantitative estimate of drug-likeness (QED) is 0.428. The maximum atomic E-state index is 9.24. The third-order valence-electron chi connectivity index (χ3n) is 7.87. The standard InChI is InChI=1S/C27H30N6OS/c1-18-19(3-4-24-22(18)11-20(13-28)31-24)14-32-8-6-27(15-32)7-9-33(16-27)25-23-12-21(5-10-34-2)35-26(23)30-17-29-25/h3-4,11-12,17,31H,5-10,14-16H2,1-2H3. The zero-order chi connectivity index (χ0) is 24.0. The Bertz CT molecular complexity index is 1430. The first-order chi connectivity index (χ1) is 17.1. The Labute approximate surface area is 209 Å². The Morgan fingerprint density at radius 1 is 1.17 bits per heavy atom. The average Bonchev–Trinajstić information content (AvgIpc) is 3.65. The highest BCUT2D eigenvalue weighted by atomic mass is 32.1. The monoisotopic (exact) mass is 486 g/mol. The molecule has 35 heavy (non-hydrogen) atoms. The maximum absolute atomic E-state index is 9.24. The molecule has 1 unspecified atom stereocenters. The SMILES string of the molecule is COCCc1cc2c(N3CCC4(CCN(Cc5ccc6[nH]c(C#N)cc6c5C)C4)C3)ncnc2s1. The van der Waals surface area contributed by atoms with Gasteiger partial charge in [0.05, 0.1) is 12.0 Å². The minimum Gasteiger partial charge on any atom is -0.384 e. The van der Waals surface area contributed by atoms with Crippen molar-refractivity contribution in [1.29, 1.82) is 5.26 Å². The molecule has 1 N–H and O–H groups in total. The number of likely N-dealkylation sites (tertiary alicyclic amines) is 1. The molecule has 0 bridgehead atoms. The number of nitriles is 1. The molecule has 6 rings (SSSR count). The van der Waals surface area contributed by atoms with Gasteiger partial charge in [0.1, 0.15) is 28.7 Å². The van der Waals surface area contributed by atoms with E-state index in [4.69, 9.17) is 9.72 Å². The number of thiophene rings is 1. The van der Waals surface area contributed by atoms with E-state index in [1.165, 1.54) is 34.2 Å². The molecule has 3 aromatic heterocycles. The highest BCUT2D eigenvalue weighted by molar-refractivity contribution is 7.18. The number of rotatable bonds is 6. The lowest BCUT2D eigenvalue weighted by molar-refractivity contribution is 0.203. The van der Waals surface area contributed by atoms with E-state index in [0.717, 1.165) is 67.3 Å². The number of anilines is 1. The zero-order valence-electron chi connectivity index (χ0n) is 20.3. The second-order valence-corrected chi connectivity index (χ2v) is 11.2. The van der Waals surface area contributed by atoms with E-state index < -0.39 is 0 Å². The van der Waals surface area contributed by atoms with Gasteiger partial charge in [-0.3, -0.25) is 4.90 Å². The number of hydrogen-bond donors (Lipinski definition) is 1. The van der Waals surface area contributed by atoms with E-state index in [1.54, 1.807) is 24.8 Å². The number of ether oxygens (including phenoxy) is 1. The number of H-pyrrole nitrogens is 1. The van der Waals surface area contributed by atoms with Gasteiger partial charge in [-0.15, -0.1) is 11.3 Å². The Morgan fingerprint density at radius 3 is 2.91 bits per heavy atom. The summed E-state index contributed by atoms with van der Waals surface area (Å²) in [5.74, 6) is 1.09. The first-order valence-electron chi connectivity index (χ1n) is 12.3. The van der Waals surface area contributed by atoms with Crippen molar-refractivity contribution in [3.05, 3.63) is 52.3 Å². The molecule has 5 heterocycles. The van der Waals surface area contributed by atoms with Crippen molar-refractivity contribution >= 4 is 38.3 Å². The van der Waals surface area contributed by atoms with Crippen molar-refractivity contribution in [2.75, 3.05) is 44.8 Å². The predicted octanol–water partition coefficient (Wildman–Crippen LogP) is 4.64. The van der Waals surface area contributed by atoms with Crippen molar-refractivity contribution < 1.29 is 4.74 Å². The lowest BCUT2D eigenvalue weighted by Gasteiger charge is -2.25. The van der Waals surface area contributed by atoms with Crippen LogP contribution in [0.2, 0.25) is 0 Å². The van der Waals surface area contributed by atoms with Gasteiger partial charge in [0.2, 0.25) is 0 Å². The van der Waals surface area contributed by atoms with Crippen LogP contribution in [0.3, 0.4) is 0 Å². The number of aromatic nitrogens is 3. The molecule has 8 heteroatoms. The topological polar surface area (TPSA) is 81.1 Å². The summed E-state index contributed by atoms with van der Waals surface area (Å²) in [6.07, 6.45) is 5.07. The van der Waals surface area contributed by atoms with Crippen LogP contribution in [0.4, 0.5) is 5.82 Å². The van der Waals surface area contributed by atoms with Crippen molar-refractivity contribution in [2.45, 2.75) is 32.7 Å². The van der Waals surface area contributed by atoms with E-state index in [1.807, 2.05) is 6.07 Å². The minimum atomic E-state index is 0.326. The molecule has 2 aliphatic heterocycles. The van der Waals surface area contributed by atoms with Crippen molar-refractivity contribution in [3.8, 4) is 6.07 Å². The third-order valence-corrected chi connectivity index (χ3v) is 8.97. The first kappa shape index (κ1) is 22.5. The van der Waals surface area contributed by atoms with E-state index in [0.29, 0.717) is 11.1 Å². The summed E-state index contributed by atoms with van der Waals surface area (Å²) in [5, 5.41) is 11.6. The summed E-state index contributed by atoms with van der Waals surface area (Å²) in [5.41, 5.74) is 4.63. The summed E-state index contributed by atoms with van der Waals surface area (Å²) < 4.78 is 5.26. The lowest BCUT2D eigenvalue weighted by Crippen LogP contribution is -2.31. The number of hydrogen-bond acceptors (Lipinski definition) is 7. The molecule has 2 saturated heterocycles. The molecule has 1 spiro atoms. The third kappa shape index (κ3) is 4.08. The predicted molar refractivity (Wildman–Crippen MR) is 140 cm³/mol. The Hall–Kier alpha value is -2.99. The molecule has 0 aliphatic carbocycles. The zero-order valence-corrected chi connectivity index (χ0v) is 21.1. The fourth-order valence-corrected chi connectivity index (χ4v) is 6.92. The number of aryl methyl sites for hydroxylation is 1. The average molecular weight is 487 g/mol.